The zero-order chi connectivity index (χ0) is 15.5. The van der Waals surface area contributed by atoms with E-state index >= 15 is 0 Å². The summed E-state index contributed by atoms with van der Waals surface area (Å²) in [5.41, 5.74) is -2.73. The van der Waals surface area contributed by atoms with Gasteiger partial charge in [0, 0.05) is 30.7 Å². The number of nitrogens with zero attached hydrogens (tertiary/aromatic N) is 2. The summed E-state index contributed by atoms with van der Waals surface area (Å²) < 4.78 is 43.7. The molecule has 21 heavy (non-hydrogen) atoms. The highest BCUT2D eigenvalue weighted by atomic mass is 35.5. The summed E-state index contributed by atoms with van der Waals surface area (Å²) in [5, 5.41) is 0. The number of hydrogen-bond donors (Lipinski definition) is 0. The van der Waals surface area contributed by atoms with Gasteiger partial charge in [0.05, 0.1) is 18.1 Å². The first-order chi connectivity index (χ1) is 9.94. The van der Waals surface area contributed by atoms with E-state index in [1.807, 2.05) is 0 Å². The maximum absolute atomic E-state index is 12.2. The lowest BCUT2D eigenvalue weighted by Gasteiger charge is -2.10. The Morgan fingerprint density at radius 2 is 2.14 bits per heavy atom. The van der Waals surface area contributed by atoms with Gasteiger partial charge >= 0.3 is 5.51 Å². The smallest absolute Gasteiger partial charge is 0.441 e. The lowest BCUT2D eigenvalue weighted by Crippen LogP contribution is -2.10. The minimum Gasteiger partial charge on any atom is -0.497 e. The van der Waals surface area contributed by atoms with Crippen LogP contribution in [0.25, 0.3) is 11.0 Å². The van der Waals surface area contributed by atoms with Crippen molar-refractivity contribution >= 4 is 34.4 Å². The summed E-state index contributed by atoms with van der Waals surface area (Å²) >= 11 is 5.71. The molecule has 1 heterocycles. The number of ether oxygens (including phenoxy) is 1. The third kappa shape index (κ3) is 4.20. The van der Waals surface area contributed by atoms with Crippen molar-refractivity contribution in [3.63, 3.8) is 0 Å². The third-order valence-electron chi connectivity index (χ3n) is 2.93. The number of rotatable bonds is 6. The van der Waals surface area contributed by atoms with Crippen LogP contribution in [0, 0.1) is 0 Å². The average Bonchev–Trinajstić information content (AvgIpc) is 2.75. The van der Waals surface area contributed by atoms with Crippen LogP contribution in [0.4, 0.5) is 13.2 Å². The molecule has 1 aromatic carbocycles. The molecule has 0 aliphatic rings. The molecule has 2 aromatic rings. The minimum absolute atomic E-state index is 0.0315. The molecular weight excluding hydrogens is 325 g/mol. The van der Waals surface area contributed by atoms with E-state index in [9.17, 15) is 13.2 Å². The second-order valence-electron chi connectivity index (χ2n) is 4.27. The quantitative estimate of drug-likeness (QED) is 0.743. The maximum Gasteiger partial charge on any atom is 0.441 e. The van der Waals surface area contributed by atoms with Gasteiger partial charge in [0.25, 0.3) is 0 Å². The van der Waals surface area contributed by atoms with Crippen LogP contribution < -0.4 is 4.74 Å². The lowest BCUT2D eigenvalue weighted by atomic mass is 10.3. The second-order valence-corrected chi connectivity index (χ2v) is 5.81. The summed E-state index contributed by atoms with van der Waals surface area (Å²) in [6.07, 6.45) is 0.509. The van der Waals surface area contributed by atoms with Gasteiger partial charge in [-0.1, -0.05) is 0 Å². The molecule has 1 aromatic heterocycles. The molecule has 0 radical (unpaired) electrons. The number of alkyl halides is 4. The first-order valence-corrected chi connectivity index (χ1v) is 7.76. The lowest BCUT2D eigenvalue weighted by molar-refractivity contribution is -0.0328. The second kappa shape index (κ2) is 6.79. The molecule has 0 unspecified atom stereocenters. The number of halogens is 4. The Morgan fingerprint density at radius 1 is 1.38 bits per heavy atom. The van der Waals surface area contributed by atoms with Gasteiger partial charge < -0.3 is 9.30 Å². The molecular formula is C13H14ClF3N2OS. The van der Waals surface area contributed by atoms with Crippen molar-refractivity contribution in [3.05, 3.63) is 24.0 Å². The number of methoxy groups -OCH3 is 1. The number of imidazole rings is 1. The predicted molar refractivity (Wildman–Crippen MR) is 79.2 cm³/mol. The summed E-state index contributed by atoms with van der Waals surface area (Å²) in [6.45, 7) is 0.235. The molecule has 0 N–H and O–H groups in total. The Labute approximate surface area is 129 Å². The molecule has 8 heteroatoms. The SMILES string of the molecule is COc1ccc2c(c1)nc(CCCl)n2CCSC(F)(F)F. The van der Waals surface area contributed by atoms with E-state index in [0.29, 0.717) is 29.4 Å². The van der Waals surface area contributed by atoms with E-state index in [4.69, 9.17) is 16.3 Å². The van der Waals surface area contributed by atoms with E-state index < -0.39 is 5.51 Å². The fourth-order valence-electron chi connectivity index (χ4n) is 2.06. The summed E-state index contributed by atoms with van der Waals surface area (Å²) in [5.74, 6) is 1.66. The zero-order valence-corrected chi connectivity index (χ0v) is 12.9. The molecule has 2 rings (SSSR count). The minimum atomic E-state index is -4.22. The summed E-state index contributed by atoms with van der Waals surface area (Å²) in [4.78, 5) is 4.43. The predicted octanol–water partition coefficient (Wildman–Crippen LogP) is 4.08. The van der Waals surface area contributed by atoms with Crippen LogP contribution in [-0.2, 0) is 13.0 Å². The van der Waals surface area contributed by atoms with Crippen molar-refractivity contribution in [2.24, 2.45) is 0 Å². The van der Waals surface area contributed by atoms with Crippen molar-refractivity contribution in [1.82, 2.24) is 9.55 Å². The molecule has 0 saturated heterocycles. The molecule has 0 aliphatic heterocycles. The summed E-state index contributed by atoms with van der Waals surface area (Å²) in [7, 11) is 1.55. The first kappa shape index (κ1) is 16.3. The van der Waals surface area contributed by atoms with Gasteiger partial charge in [-0.3, -0.25) is 0 Å². The normalized spacial score (nSPS) is 12.0. The van der Waals surface area contributed by atoms with Gasteiger partial charge in [0.15, 0.2) is 0 Å². The number of fused-ring (bicyclic) bond motifs is 1. The molecule has 116 valence electrons. The maximum atomic E-state index is 12.2. The number of aryl methyl sites for hydroxylation is 2. The van der Waals surface area contributed by atoms with Crippen LogP contribution >= 0.6 is 23.4 Å². The van der Waals surface area contributed by atoms with E-state index in [1.165, 1.54) is 0 Å². The zero-order valence-electron chi connectivity index (χ0n) is 11.3. The van der Waals surface area contributed by atoms with Crippen LogP contribution in [0.5, 0.6) is 5.75 Å². The van der Waals surface area contributed by atoms with Crippen LogP contribution in [0.1, 0.15) is 5.82 Å². The topological polar surface area (TPSA) is 27.1 Å². The molecule has 0 bridgehead atoms. The van der Waals surface area contributed by atoms with Crippen LogP contribution in [0.3, 0.4) is 0 Å². The van der Waals surface area contributed by atoms with Crippen molar-refractivity contribution < 1.29 is 17.9 Å². The van der Waals surface area contributed by atoms with Gasteiger partial charge in [-0.25, -0.2) is 4.98 Å². The summed E-state index contributed by atoms with van der Waals surface area (Å²) in [6, 6.07) is 5.33. The molecule has 0 atom stereocenters. The number of benzene rings is 1. The third-order valence-corrected chi connectivity index (χ3v) is 3.84. The molecule has 0 amide bonds. The highest BCUT2D eigenvalue weighted by Gasteiger charge is 2.27. The fourth-order valence-corrected chi connectivity index (χ4v) is 2.74. The van der Waals surface area contributed by atoms with Crippen molar-refractivity contribution in [1.29, 1.82) is 0 Å². The number of hydrogen-bond acceptors (Lipinski definition) is 3. The number of thioether (sulfide) groups is 1. The van der Waals surface area contributed by atoms with E-state index in [2.05, 4.69) is 4.98 Å². The van der Waals surface area contributed by atoms with Gasteiger partial charge in [-0.05, 0) is 23.9 Å². The van der Waals surface area contributed by atoms with Crippen molar-refractivity contribution in [2.75, 3.05) is 18.7 Å². The monoisotopic (exact) mass is 338 g/mol. The Morgan fingerprint density at radius 3 is 2.76 bits per heavy atom. The standard InChI is InChI=1S/C13H14ClF3N2OS/c1-20-9-2-3-11-10(8-9)18-12(4-5-14)19(11)6-7-21-13(15,16)17/h2-3,8H,4-7H2,1H3. The van der Waals surface area contributed by atoms with Crippen LogP contribution in [0.15, 0.2) is 18.2 Å². The fraction of sp³-hybridized carbons (Fsp3) is 0.462. The van der Waals surface area contributed by atoms with Crippen LogP contribution in [0.2, 0.25) is 0 Å². The van der Waals surface area contributed by atoms with Gasteiger partial charge in [-0.15, -0.1) is 11.6 Å². The van der Waals surface area contributed by atoms with Crippen LogP contribution in [-0.4, -0.2) is 33.8 Å². The Kier molecular flexibility index (Phi) is 5.27. The molecule has 3 nitrogen and oxygen atoms in total. The van der Waals surface area contributed by atoms with Crippen molar-refractivity contribution in [2.45, 2.75) is 18.5 Å². The largest absolute Gasteiger partial charge is 0.497 e. The van der Waals surface area contributed by atoms with Gasteiger partial charge in [-0.2, -0.15) is 13.2 Å². The highest BCUT2D eigenvalue weighted by Crippen LogP contribution is 2.31. The highest BCUT2D eigenvalue weighted by molar-refractivity contribution is 8.00. The average molecular weight is 339 g/mol. The van der Waals surface area contributed by atoms with Gasteiger partial charge in [0.2, 0.25) is 0 Å². The van der Waals surface area contributed by atoms with E-state index in [-0.39, 0.29) is 24.1 Å². The molecule has 0 saturated carbocycles. The Hall–Kier alpha value is -1.08. The van der Waals surface area contributed by atoms with E-state index in [0.717, 1.165) is 5.52 Å². The molecule has 0 fully saturated rings. The molecule has 0 aliphatic carbocycles. The van der Waals surface area contributed by atoms with E-state index in [1.54, 1.807) is 29.9 Å². The van der Waals surface area contributed by atoms with Crippen molar-refractivity contribution in [3.8, 4) is 5.75 Å². The number of aromatic nitrogens is 2. The molecule has 0 spiro atoms. The Bertz CT molecular complexity index is 615. The van der Waals surface area contributed by atoms with Gasteiger partial charge in [0.1, 0.15) is 11.6 Å². The first-order valence-electron chi connectivity index (χ1n) is 6.24. The Balaban J connectivity index is 2.28.